The summed E-state index contributed by atoms with van der Waals surface area (Å²) < 4.78 is 28.1. The summed E-state index contributed by atoms with van der Waals surface area (Å²) in [6.45, 7) is -0.712. The van der Waals surface area contributed by atoms with Crippen LogP contribution in [-0.2, 0) is 19.6 Å². The van der Waals surface area contributed by atoms with Crippen LogP contribution in [0, 0.1) is 11.3 Å². The minimum absolute atomic E-state index is 0.154. The molecule has 11 heteroatoms. The average Bonchev–Trinajstić information content (AvgIpc) is 2.97. The second kappa shape index (κ2) is 8.39. The Morgan fingerprint density at radius 1 is 1.13 bits per heavy atom. The van der Waals surface area contributed by atoms with Crippen LogP contribution in [0.25, 0.3) is 0 Å². The molecule has 0 saturated carbocycles. The third-order valence-corrected chi connectivity index (χ3v) is 6.05. The Kier molecular flexibility index (Phi) is 6.03. The van der Waals surface area contributed by atoms with E-state index >= 15 is 0 Å². The lowest BCUT2D eigenvalue weighted by atomic mass is 10.2. The Hall–Kier alpha value is -3.39. The van der Waals surface area contributed by atoms with Gasteiger partial charge in [-0.3, -0.25) is 4.79 Å². The smallest absolute Gasteiger partial charge is 0.338 e. The van der Waals surface area contributed by atoms with E-state index in [0.29, 0.717) is 5.82 Å². The van der Waals surface area contributed by atoms with Crippen LogP contribution < -0.4 is 14.9 Å². The highest BCUT2D eigenvalue weighted by Crippen LogP contribution is 2.40. The molecule has 1 aliphatic rings. The lowest BCUT2D eigenvalue weighted by Gasteiger charge is -2.19. The average molecular weight is 461 g/mol. The SMILES string of the molecule is CN1C(=C(C#N)C(=O)COC(=O)c2ccc(Cl)c(S(N)(=O)=O)c2)N(C)c2ccccc21. The molecule has 0 saturated heterocycles. The van der Waals surface area contributed by atoms with Crippen molar-refractivity contribution in [2.24, 2.45) is 5.14 Å². The molecule has 0 bridgehead atoms. The van der Waals surface area contributed by atoms with Gasteiger partial charge in [-0.1, -0.05) is 23.7 Å². The summed E-state index contributed by atoms with van der Waals surface area (Å²) in [6.07, 6.45) is 0. The number of sulfonamides is 1. The molecule has 0 unspecified atom stereocenters. The third kappa shape index (κ3) is 4.25. The molecule has 0 aromatic heterocycles. The number of fused-ring (bicyclic) bond motifs is 1. The second-order valence-electron chi connectivity index (χ2n) is 6.61. The van der Waals surface area contributed by atoms with Crippen LogP contribution in [-0.4, -0.2) is 40.9 Å². The van der Waals surface area contributed by atoms with E-state index in [1.165, 1.54) is 12.1 Å². The number of esters is 1. The van der Waals surface area contributed by atoms with Crippen molar-refractivity contribution in [2.45, 2.75) is 4.90 Å². The number of ketones is 1. The fraction of sp³-hybridized carbons (Fsp3) is 0.150. The number of nitrogens with two attached hydrogens (primary N) is 1. The molecule has 1 heterocycles. The maximum Gasteiger partial charge on any atom is 0.338 e. The Morgan fingerprint density at radius 3 is 2.23 bits per heavy atom. The molecule has 2 aromatic carbocycles. The summed E-state index contributed by atoms with van der Waals surface area (Å²) in [5.74, 6) is -1.32. The number of primary sulfonamides is 1. The summed E-state index contributed by atoms with van der Waals surface area (Å²) in [6, 6.07) is 12.6. The summed E-state index contributed by atoms with van der Waals surface area (Å²) in [7, 11) is -0.718. The van der Waals surface area contributed by atoms with Crippen LogP contribution in [0.1, 0.15) is 10.4 Å². The zero-order chi connectivity index (χ0) is 22.9. The molecule has 0 atom stereocenters. The number of halogens is 1. The number of para-hydroxylation sites is 2. The maximum atomic E-state index is 12.7. The molecule has 2 N–H and O–H groups in total. The fourth-order valence-electron chi connectivity index (χ4n) is 3.19. The molecule has 31 heavy (non-hydrogen) atoms. The van der Waals surface area contributed by atoms with Crippen LogP contribution in [0.3, 0.4) is 0 Å². The Labute approximate surface area is 183 Å². The van der Waals surface area contributed by atoms with Crippen molar-refractivity contribution in [1.29, 1.82) is 5.26 Å². The molecular weight excluding hydrogens is 444 g/mol. The van der Waals surface area contributed by atoms with Crippen molar-refractivity contribution in [3.63, 3.8) is 0 Å². The van der Waals surface area contributed by atoms with Crippen molar-refractivity contribution in [3.05, 3.63) is 64.4 Å². The van der Waals surface area contributed by atoms with Crippen molar-refractivity contribution >= 4 is 44.8 Å². The molecule has 0 radical (unpaired) electrons. The van der Waals surface area contributed by atoms with Crippen LogP contribution >= 0.6 is 11.6 Å². The largest absolute Gasteiger partial charge is 0.454 e. The number of carbonyl (C=O) groups excluding carboxylic acids is 2. The van der Waals surface area contributed by atoms with Gasteiger partial charge in [-0.15, -0.1) is 0 Å². The van der Waals surface area contributed by atoms with E-state index in [9.17, 15) is 23.3 Å². The summed E-state index contributed by atoms with van der Waals surface area (Å²) in [5, 5.41) is 14.5. The second-order valence-corrected chi connectivity index (χ2v) is 8.54. The van der Waals surface area contributed by atoms with E-state index < -0.39 is 33.3 Å². The summed E-state index contributed by atoms with van der Waals surface area (Å²) >= 11 is 5.79. The van der Waals surface area contributed by atoms with E-state index in [0.717, 1.165) is 17.4 Å². The molecule has 0 amide bonds. The van der Waals surface area contributed by atoms with Gasteiger partial charge in [0.05, 0.1) is 22.0 Å². The quantitative estimate of drug-likeness (QED) is 0.407. The number of hydrogen-bond donors (Lipinski definition) is 1. The number of nitriles is 1. The number of rotatable bonds is 5. The third-order valence-electron chi connectivity index (χ3n) is 4.66. The highest BCUT2D eigenvalue weighted by molar-refractivity contribution is 7.89. The highest BCUT2D eigenvalue weighted by atomic mass is 35.5. The first-order valence-corrected chi connectivity index (χ1v) is 10.7. The van der Waals surface area contributed by atoms with E-state index in [2.05, 4.69) is 0 Å². The summed E-state index contributed by atoms with van der Waals surface area (Å²) in [4.78, 5) is 27.9. The Morgan fingerprint density at radius 2 is 1.71 bits per heavy atom. The van der Waals surface area contributed by atoms with Crippen LogP contribution in [0.15, 0.2) is 58.8 Å². The molecule has 0 fully saturated rings. The van der Waals surface area contributed by atoms with Crippen LogP contribution in [0.4, 0.5) is 11.4 Å². The number of Topliss-reactive ketones (excluding diaryl/α,β-unsaturated/α-hetero) is 1. The van der Waals surface area contributed by atoms with Crippen molar-refractivity contribution in [2.75, 3.05) is 30.5 Å². The monoisotopic (exact) mass is 460 g/mol. The molecule has 160 valence electrons. The van der Waals surface area contributed by atoms with Gasteiger partial charge in [0.25, 0.3) is 0 Å². The van der Waals surface area contributed by atoms with E-state index in [-0.39, 0.29) is 16.2 Å². The van der Waals surface area contributed by atoms with Crippen molar-refractivity contribution < 1.29 is 22.7 Å². The first-order chi connectivity index (χ1) is 14.6. The number of anilines is 2. The number of nitrogens with zero attached hydrogens (tertiary/aromatic N) is 3. The van der Waals surface area contributed by atoms with Gasteiger partial charge in [-0.05, 0) is 30.3 Å². The van der Waals surface area contributed by atoms with Crippen LogP contribution in [0.2, 0.25) is 5.02 Å². The van der Waals surface area contributed by atoms with Gasteiger partial charge in [0.15, 0.2) is 6.61 Å². The molecule has 3 rings (SSSR count). The first-order valence-electron chi connectivity index (χ1n) is 8.79. The standard InChI is InChI=1S/C20H17ClN4O5S/c1-24-15-5-3-4-6-16(15)25(2)19(24)13(10-22)17(26)11-30-20(27)12-7-8-14(21)18(9-12)31(23,28)29/h3-9H,11H2,1-2H3,(H2,23,28,29). The highest BCUT2D eigenvalue weighted by Gasteiger charge is 2.31. The minimum Gasteiger partial charge on any atom is -0.454 e. The zero-order valence-electron chi connectivity index (χ0n) is 16.5. The van der Waals surface area contributed by atoms with Gasteiger partial charge in [0, 0.05) is 14.1 Å². The number of ether oxygens (including phenoxy) is 1. The van der Waals surface area contributed by atoms with Gasteiger partial charge in [-0.2, -0.15) is 5.26 Å². The fourth-order valence-corrected chi connectivity index (χ4v) is 4.26. The van der Waals surface area contributed by atoms with Gasteiger partial charge in [-0.25, -0.2) is 18.4 Å². The maximum absolute atomic E-state index is 12.7. The Bertz CT molecular complexity index is 1240. The number of hydrogen-bond acceptors (Lipinski definition) is 8. The predicted molar refractivity (Wildman–Crippen MR) is 114 cm³/mol. The molecule has 1 aliphatic heterocycles. The molecule has 2 aromatic rings. The lowest BCUT2D eigenvalue weighted by molar-refractivity contribution is -0.118. The van der Waals surface area contributed by atoms with Gasteiger partial charge < -0.3 is 14.5 Å². The first kappa shape index (κ1) is 22.3. The molecule has 9 nitrogen and oxygen atoms in total. The molecular formula is C20H17ClN4O5S. The zero-order valence-corrected chi connectivity index (χ0v) is 18.1. The van der Waals surface area contributed by atoms with E-state index in [1.54, 1.807) is 23.9 Å². The summed E-state index contributed by atoms with van der Waals surface area (Å²) in [5.41, 5.74) is 1.29. The number of benzene rings is 2. The van der Waals surface area contributed by atoms with Crippen molar-refractivity contribution in [1.82, 2.24) is 0 Å². The molecule has 0 aliphatic carbocycles. The van der Waals surface area contributed by atoms with Crippen LogP contribution in [0.5, 0.6) is 0 Å². The van der Waals surface area contributed by atoms with Gasteiger partial charge in [0.1, 0.15) is 22.4 Å². The van der Waals surface area contributed by atoms with Gasteiger partial charge in [0.2, 0.25) is 15.8 Å². The van der Waals surface area contributed by atoms with Gasteiger partial charge >= 0.3 is 5.97 Å². The van der Waals surface area contributed by atoms with E-state index in [1.807, 2.05) is 30.3 Å². The molecule has 0 spiro atoms. The minimum atomic E-state index is -4.16. The lowest BCUT2D eigenvalue weighted by Crippen LogP contribution is -2.27. The van der Waals surface area contributed by atoms with E-state index in [4.69, 9.17) is 21.5 Å². The predicted octanol–water partition coefficient (Wildman–Crippen LogP) is 2.03. The normalized spacial score (nSPS) is 12.9. The topological polar surface area (TPSA) is 134 Å². The Balaban J connectivity index is 1.82. The number of carbonyl (C=O) groups is 2. The van der Waals surface area contributed by atoms with Crippen molar-refractivity contribution in [3.8, 4) is 6.07 Å².